The van der Waals surface area contributed by atoms with E-state index in [1.165, 1.54) is 6.07 Å². The fourth-order valence-electron chi connectivity index (χ4n) is 4.05. The Morgan fingerprint density at radius 1 is 0.967 bits per heavy atom. The van der Waals surface area contributed by atoms with Crippen molar-refractivity contribution in [3.8, 4) is 11.4 Å². The molecule has 1 unspecified atom stereocenters. The summed E-state index contributed by atoms with van der Waals surface area (Å²) < 4.78 is 22.6. The summed E-state index contributed by atoms with van der Waals surface area (Å²) >= 11 is 3.36. The molecule has 1 atom stereocenters. The third-order valence-electron chi connectivity index (χ3n) is 5.35. The molecule has 1 aliphatic heterocycles. The molecular formula is C24H15BrFNO3. The minimum absolute atomic E-state index is 0.108. The van der Waals surface area contributed by atoms with E-state index in [2.05, 4.69) is 15.9 Å². The van der Waals surface area contributed by atoms with Gasteiger partial charge in [0, 0.05) is 21.5 Å². The molecular weight excluding hydrogens is 449 g/mol. The van der Waals surface area contributed by atoms with Crippen LogP contribution in [-0.4, -0.2) is 10.5 Å². The SMILES string of the molecule is O=C1CC(c2cc(Br)ccc2F)c2c(c3ccccc3n(-c3ccccc3)c2=O)O1. The smallest absolute Gasteiger partial charge is 0.312 e. The highest BCUT2D eigenvalue weighted by molar-refractivity contribution is 9.10. The predicted octanol–water partition coefficient (Wildman–Crippen LogP) is 5.33. The van der Waals surface area contributed by atoms with Crippen molar-refractivity contribution < 1.29 is 13.9 Å². The second-order valence-electron chi connectivity index (χ2n) is 7.13. The van der Waals surface area contributed by atoms with Crippen LogP contribution in [0.5, 0.6) is 5.75 Å². The van der Waals surface area contributed by atoms with Crippen LogP contribution in [0.25, 0.3) is 16.6 Å². The van der Waals surface area contributed by atoms with Crippen molar-refractivity contribution in [3.05, 3.63) is 105 Å². The first kappa shape index (κ1) is 18.8. The number of benzene rings is 3. The van der Waals surface area contributed by atoms with Gasteiger partial charge in [0.05, 0.1) is 17.5 Å². The summed E-state index contributed by atoms with van der Waals surface area (Å²) in [7, 11) is 0. The fraction of sp³-hybridized carbons (Fsp3) is 0.0833. The Hall–Kier alpha value is -3.25. The Kier molecular flexibility index (Phi) is 4.51. The summed E-state index contributed by atoms with van der Waals surface area (Å²) in [6, 6.07) is 21.0. The van der Waals surface area contributed by atoms with Crippen LogP contribution >= 0.6 is 15.9 Å². The second-order valence-corrected chi connectivity index (χ2v) is 8.05. The van der Waals surface area contributed by atoms with E-state index >= 15 is 0 Å². The first-order valence-electron chi connectivity index (χ1n) is 9.43. The number of carbonyl (C=O) groups is 1. The number of ether oxygens (including phenoxy) is 1. The summed E-state index contributed by atoms with van der Waals surface area (Å²) in [5, 5.41) is 0.629. The number of aromatic nitrogens is 1. The van der Waals surface area contributed by atoms with E-state index in [-0.39, 0.29) is 28.9 Å². The van der Waals surface area contributed by atoms with E-state index in [1.54, 1.807) is 28.8 Å². The van der Waals surface area contributed by atoms with Gasteiger partial charge >= 0.3 is 5.97 Å². The van der Waals surface area contributed by atoms with Gasteiger partial charge in [0.1, 0.15) is 11.6 Å². The molecule has 0 saturated carbocycles. The van der Waals surface area contributed by atoms with Crippen LogP contribution in [0.15, 0.2) is 82.1 Å². The molecule has 0 saturated heterocycles. The minimum Gasteiger partial charge on any atom is -0.425 e. The molecule has 1 aliphatic rings. The van der Waals surface area contributed by atoms with Gasteiger partial charge in [-0.2, -0.15) is 0 Å². The minimum atomic E-state index is -0.745. The number of fused-ring (bicyclic) bond motifs is 3. The fourth-order valence-corrected chi connectivity index (χ4v) is 4.43. The lowest BCUT2D eigenvalue weighted by Crippen LogP contribution is -2.32. The molecule has 4 aromatic rings. The zero-order valence-electron chi connectivity index (χ0n) is 15.6. The number of hydrogen-bond donors (Lipinski definition) is 0. The highest BCUT2D eigenvalue weighted by Gasteiger charge is 2.35. The number of para-hydroxylation sites is 2. The maximum absolute atomic E-state index is 14.8. The summed E-state index contributed by atoms with van der Waals surface area (Å²) in [4.78, 5) is 26.2. The third kappa shape index (κ3) is 2.95. The standard InChI is InChI=1S/C24H15BrFNO3/c25-14-10-11-19(26)17(12-14)18-13-21(28)30-23-16-8-4-5-9-20(16)27(24(29)22(18)23)15-6-2-1-3-7-15/h1-12,18H,13H2. The molecule has 2 heterocycles. The second kappa shape index (κ2) is 7.22. The average Bonchev–Trinajstić information content (AvgIpc) is 2.76. The molecule has 3 aromatic carbocycles. The zero-order valence-corrected chi connectivity index (χ0v) is 17.2. The number of esters is 1. The lowest BCUT2D eigenvalue weighted by atomic mass is 9.85. The van der Waals surface area contributed by atoms with Crippen molar-refractivity contribution in [2.24, 2.45) is 0 Å². The number of pyridine rings is 1. The van der Waals surface area contributed by atoms with Crippen LogP contribution in [0.1, 0.15) is 23.5 Å². The van der Waals surface area contributed by atoms with Gasteiger partial charge in [0.2, 0.25) is 0 Å². The van der Waals surface area contributed by atoms with Gasteiger partial charge in [-0.3, -0.25) is 14.2 Å². The summed E-state index contributed by atoms with van der Waals surface area (Å²) in [5.41, 5.74) is 1.55. The molecule has 1 aromatic heterocycles. The van der Waals surface area contributed by atoms with Gasteiger partial charge in [-0.05, 0) is 48.0 Å². The molecule has 0 N–H and O–H groups in total. The van der Waals surface area contributed by atoms with Crippen molar-refractivity contribution in [3.63, 3.8) is 0 Å². The number of rotatable bonds is 2. The monoisotopic (exact) mass is 463 g/mol. The van der Waals surface area contributed by atoms with Gasteiger partial charge in [-0.15, -0.1) is 0 Å². The molecule has 6 heteroatoms. The van der Waals surface area contributed by atoms with Gasteiger partial charge in [0.15, 0.2) is 0 Å². The normalized spacial score (nSPS) is 15.7. The molecule has 4 nitrogen and oxygen atoms in total. The van der Waals surface area contributed by atoms with Crippen molar-refractivity contribution in [2.45, 2.75) is 12.3 Å². The van der Waals surface area contributed by atoms with Gasteiger partial charge in [-0.25, -0.2) is 4.39 Å². The van der Waals surface area contributed by atoms with E-state index in [1.807, 2.05) is 42.5 Å². The molecule has 0 fully saturated rings. The number of carbonyl (C=O) groups excluding carboxylic acids is 1. The first-order valence-corrected chi connectivity index (χ1v) is 10.2. The van der Waals surface area contributed by atoms with Crippen LogP contribution in [-0.2, 0) is 4.79 Å². The number of nitrogens with zero attached hydrogens (tertiary/aromatic N) is 1. The molecule has 0 spiro atoms. The van der Waals surface area contributed by atoms with E-state index < -0.39 is 17.7 Å². The van der Waals surface area contributed by atoms with Gasteiger partial charge in [0.25, 0.3) is 5.56 Å². The van der Waals surface area contributed by atoms with Crippen molar-refractivity contribution in [1.82, 2.24) is 4.57 Å². The van der Waals surface area contributed by atoms with E-state index in [0.29, 0.717) is 21.1 Å². The molecule has 0 aliphatic carbocycles. The van der Waals surface area contributed by atoms with Crippen LogP contribution in [0.2, 0.25) is 0 Å². The Morgan fingerprint density at radius 2 is 1.70 bits per heavy atom. The Balaban J connectivity index is 1.90. The average molecular weight is 464 g/mol. The van der Waals surface area contributed by atoms with Crippen LogP contribution in [0, 0.1) is 5.82 Å². The van der Waals surface area contributed by atoms with Gasteiger partial charge < -0.3 is 4.74 Å². The van der Waals surface area contributed by atoms with E-state index in [9.17, 15) is 14.0 Å². The molecule has 5 rings (SSSR count). The highest BCUT2D eigenvalue weighted by Crippen LogP contribution is 2.42. The maximum atomic E-state index is 14.8. The van der Waals surface area contributed by atoms with Crippen LogP contribution in [0.3, 0.4) is 0 Å². The molecule has 0 bridgehead atoms. The molecule has 0 amide bonds. The number of halogens is 2. The lowest BCUT2D eigenvalue weighted by molar-refractivity contribution is -0.135. The van der Waals surface area contributed by atoms with Crippen molar-refractivity contribution in [1.29, 1.82) is 0 Å². The predicted molar refractivity (Wildman–Crippen MR) is 116 cm³/mol. The molecule has 0 radical (unpaired) electrons. The summed E-state index contributed by atoms with van der Waals surface area (Å²) in [6.45, 7) is 0. The maximum Gasteiger partial charge on any atom is 0.312 e. The quantitative estimate of drug-likeness (QED) is 0.377. The Morgan fingerprint density at radius 3 is 2.50 bits per heavy atom. The van der Waals surface area contributed by atoms with E-state index in [0.717, 1.165) is 0 Å². The first-order chi connectivity index (χ1) is 14.5. The topological polar surface area (TPSA) is 48.3 Å². The van der Waals surface area contributed by atoms with E-state index in [4.69, 9.17) is 4.74 Å². The Bertz CT molecular complexity index is 1360. The zero-order chi connectivity index (χ0) is 20.8. The van der Waals surface area contributed by atoms with Crippen molar-refractivity contribution in [2.75, 3.05) is 0 Å². The van der Waals surface area contributed by atoms with Crippen LogP contribution < -0.4 is 10.3 Å². The molecule has 30 heavy (non-hydrogen) atoms. The largest absolute Gasteiger partial charge is 0.425 e. The Labute approximate surface area is 179 Å². The molecule has 148 valence electrons. The highest BCUT2D eigenvalue weighted by atomic mass is 79.9. The lowest BCUT2D eigenvalue weighted by Gasteiger charge is -2.27. The van der Waals surface area contributed by atoms with Gasteiger partial charge in [-0.1, -0.05) is 46.3 Å². The summed E-state index contributed by atoms with van der Waals surface area (Å²) in [5.74, 6) is -1.49. The summed E-state index contributed by atoms with van der Waals surface area (Å²) in [6.07, 6.45) is -0.108. The van der Waals surface area contributed by atoms with Crippen LogP contribution in [0.4, 0.5) is 4.39 Å². The van der Waals surface area contributed by atoms with Crippen molar-refractivity contribution >= 4 is 32.8 Å². The number of hydrogen-bond acceptors (Lipinski definition) is 3. The third-order valence-corrected chi connectivity index (χ3v) is 5.84.